The SMILES string of the molecule is CCOC(=O)c1cn[nH]c1S(=O)(=O)NCC=C(C)C. The molecule has 7 nitrogen and oxygen atoms in total. The smallest absolute Gasteiger partial charge is 0.342 e. The molecule has 0 amide bonds. The molecule has 0 radical (unpaired) electrons. The number of allylic oxidation sites excluding steroid dienone is 1. The van der Waals surface area contributed by atoms with Gasteiger partial charge in [-0.1, -0.05) is 11.6 Å². The second-order valence-corrected chi connectivity index (χ2v) is 5.67. The van der Waals surface area contributed by atoms with Crippen molar-refractivity contribution in [2.75, 3.05) is 13.2 Å². The van der Waals surface area contributed by atoms with Crippen LogP contribution >= 0.6 is 0 Å². The predicted molar refractivity (Wildman–Crippen MR) is 69.2 cm³/mol. The van der Waals surface area contributed by atoms with Gasteiger partial charge in [-0.25, -0.2) is 17.9 Å². The highest BCUT2D eigenvalue weighted by Crippen LogP contribution is 2.12. The van der Waals surface area contributed by atoms with Crippen molar-refractivity contribution in [1.82, 2.24) is 14.9 Å². The second-order valence-electron chi connectivity index (χ2n) is 3.97. The number of aromatic nitrogens is 2. The molecule has 1 aromatic heterocycles. The lowest BCUT2D eigenvalue weighted by atomic mass is 10.3. The number of carbonyl (C=O) groups excluding carboxylic acids is 1. The number of H-pyrrole nitrogens is 1. The highest BCUT2D eigenvalue weighted by molar-refractivity contribution is 7.89. The Hall–Kier alpha value is -1.67. The van der Waals surface area contributed by atoms with Crippen LogP contribution in [0.4, 0.5) is 0 Å². The molecule has 0 saturated carbocycles. The van der Waals surface area contributed by atoms with Crippen molar-refractivity contribution in [2.24, 2.45) is 0 Å². The summed E-state index contributed by atoms with van der Waals surface area (Å²) < 4.78 is 31.1. The minimum Gasteiger partial charge on any atom is -0.462 e. The van der Waals surface area contributed by atoms with Crippen LogP contribution in [0.5, 0.6) is 0 Å². The quantitative estimate of drug-likeness (QED) is 0.596. The number of ether oxygens (including phenoxy) is 1. The fraction of sp³-hybridized carbons (Fsp3) is 0.455. The molecule has 0 aliphatic carbocycles. The summed E-state index contributed by atoms with van der Waals surface area (Å²) in [7, 11) is -3.82. The minimum absolute atomic E-state index is 0.105. The second kappa shape index (κ2) is 6.48. The van der Waals surface area contributed by atoms with Crippen LogP contribution in [0.2, 0.25) is 0 Å². The van der Waals surface area contributed by atoms with Crippen molar-refractivity contribution in [1.29, 1.82) is 0 Å². The van der Waals surface area contributed by atoms with E-state index in [4.69, 9.17) is 4.74 Å². The molecule has 0 saturated heterocycles. The van der Waals surface area contributed by atoms with E-state index >= 15 is 0 Å². The van der Waals surface area contributed by atoms with Crippen LogP contribution in [0.1, 0.15) is 31.1 Å². The Morgan fingerprint density at radius 3 is 2.79 bits per heavy atom. The lowest BCUT2D eigenvalue weighted by Crippen LogP contribution is -2.26. The lowest BCUT2D eigenvalue weighted by molar-refractivity contribution is 0.0522. The minimum atomic E-state index is -3.82. The summed E-state index contributed by atoms with van der Waals surface area (Å²) in [5.41, 5.74) is 0.879. The van der Waals surface area contributed by atoms with E-state index in [2.05, 4.69) is 14.9 Å². The topological polar surface area (TPSA) is 101 Å². The van der Waals surface area contributed by atoms with Crippen LogP contribution in [-0.2, 0) is 14.8 Å². The van der Waals surface area contributed by atoms with E-state index in [-0.39, 0.29) is 23.7 Å². The average molecular weight is 287 g/mol. The van der Waals surface area contributed by atoms with E-state index in [0.29, 0.717) is 0 Å². The first kappa shape index (κ1) is 15.4. The summed E-state index contributed by atoms with van der Waals surface area (Å²) in [4.78, 5) is 11.6. The van der Waals surface area contributed by atoms with Crippen LogP contribution in [-0.4, -0.2) is 37.7 Å². The van der Waals surface area contributed by atoms with Crippen molar-refractivity contribution in [3.8, 4) is 0 Å². The van der Waals surface area contributed by atoms with Gasteiger partial charge < -0.3 is 4.74 Å². The highest BCUT2D eigenvalue weighted by atomic mass is 32.2. The zero-order valence-electron chi connectivity index (χ0n) is 11.1. The van der Waals surface area contributed by atoms with Crippen molar-refractivity contribution in [3.05, 3.63) is 23.4 Å². The summed E-state index contributed by atoms with van der Waals surface area (Å²) >= 11 is 0. The van der Waals surface area contributed by atoms with Crippen molar-refractivity contribution >= 4 is 16.0 Å². The first-order valence-electron chi connectivity index (χ1n) is 5.72. The Balaban J connectivity index is 2.93. The first-order chi connectivity index (χ1) is 8.88. The van der Waals surface area contributed by atoms with E-state index in [1.54, 1.807) is 13.0 Å². The normalized spacial score (nSPS) is 11.1. The van der Waals surface area contributed by atoms with Gasteiger partial charge in [-0.05, 0) is 20.8 Å². The predicted octanol–water partition coefficient (Wildman–Crippen LogP) is 0.831. The summed E-state index contributed by atoms with van der Waals surface area (Å²) in [6.45, 7) is 5.66. The van der Waals surface area contributed by atoms with E-state index in [1.165, 1.54) is 0 Å². The molecule has 0 aliphatic rings. The number of nitrogens with one attached hydrogen (secondary N) is 2. The highest BCUT2D eigenvalue weighted by Gasteiger charge is 2.25. The van der Waals surface area contributed by atoms with Gasteiger partial charge in [0.2, 0.25) is 0 Å². The summed E-state index contributed by atoms with van der Waals surface area (Å²) in [6.07, 6.45) is 2.85. The molecule has 0 bridgehead atoms. The number of sulfonamides is 1. The molecule has 1 aromatic rings. The molecule has 1 rings (SSSR count). The number of carbonyl (C=O) groups is 1. The summed E-state index contributed by atoms with van der Waals surface area (Å²) in [5, 5.41) is 5.59. The number of hydrogen-bond donors (Lipinski definition) is 2. The number of nitrogens with zero attached hydrogens (tertiary/aromatic N) is 1. The maximum absolute atomic E-state index is 12.0. The van der Waals surface area contributed by atoms with Gasteiger partial charge in [-0.3, -0.25) is 5.10 Å². The van der Waals surface area contributed by atoms with Gasteiger partial charge in [-0.2, -0.15) is 5.10 Å². The van der Waals surface area contributed by atoms with Gasteiger partial charge in [0.05, 0.1) is 12.8 Å². The van der Waals surface area contributed by atoms with Crippen molar-refractivity contribution < 1.29 is 17.9 Å². The molecule has 0 atom stereocenters. The Bertz CT molecular complexity index is 571. The molecule has 0 spiro atoms. The molecule has 2 N–H and O–H groups in total. The molecule has 0 fully saturated rings. The largest absolute Gasteiger partial charge is 0.462 e. The Kier molecular flexibility index (Phi) is 5.25. The lowest BCUT2D eigenvalue weighted by Gasteiger charge is -2.05. The van der Waals surface area contributed by atoms with Gasteiger partial charge in [0.15, 0.2) is 5.03 Å². The maximum Gasteiger partial charge on any atom is 0.342 e. The zero-order chi connectivity index (χ0) is 14.5. The molecule has 19 heavy (non-hydrogen) atoms. The van der Waals surface area contributed by atoms with Gasteiger partial charge >= 0.3 is 5.97 Å². The molecule has 0 aromatic carbocycles. The van der Waals surface area contributed by atoms with Crippen LogP contribution < -0.4 is 4.72 Å². The van der Waals surface area contributed by atoms with Crippen LogP contribution in [0.15, 0.2) is 22.9 Å². The molecule has 0 unspecified atom stereocenters. The maximum atomic E-state index is 12.0. The number of rotatable bonds is 6. The Labute approximate surface area is 112 Å². The van der Waals surface area contributed by atoms with Gasteiger partial charge in [0, 0.05) is 6.54 Å². The first-order valence-corrected chi connectivity index (χ1v) is 7.20. The van der Waals surface area contributed by atoms with E-state index in [0.717, 1.165) is 11.8 Å². The molecule has 8 heteroatoms. The summed E-state index contributed by atoms with van der Waals surface area (Å²) in [5.74, 6) is -0.723. The monoisotopic (exact) mass is 287 g/mol. The zero-order valence-corrected chi connectivity index (χ0v) is 11.9. The van der Waals surface area contributed by atoms with Gasteiger partial charge in [0.25, 0.3) is 10.0 Å². The van der Waals surface area contributed by atoms with Crippen LogP contribution in [0.25, 0.3) is 0 Å². The third-order valence-corrected chi connectivity index (χ3v) is 3.55. The molecule has 1 heterocycles. The third kappa shape index (κ3) is 4.18. The number of esters is 1. The Morgan fingerprint density at radius 2 is 2.21 bits per heavy atom. The van der Waals surface area contributed by atoms with E-state index < -0.39 is 16.0 Å². The van der Waals surface area contributed by atoms with E-state index in [1.807, 2.05) is 13.8 Å². The Morgan fingerprint density at radius 1 is 1.53 bits per heavy atom. The van der Waals surface area contributed by atoms with Crippen molar-refractivity contribution in [2.45, 2.75) is 25.8 Å². The number of hydrogen-bond acceptors (Lipinski definition) is 5. The summed E-state index contributed by atoms with van der Waals surface area (Å²) in [6, 6.07) is 0. The van der Waals surface area contributed by atoms with Gasteiger partial charge in [0.1, 0.15) is 5.56 Å². The van der Waals surface area contributed by atoms with E-state index in [9.17, 15) is 13.2 Å². The van der Waals surface area contributed by atoms with Crippen LogP contribution in [0, 0.1) is 0 Å². The molecular formula is C11H17N3O4S. The fourth-order valence-corrected chi connectivity index (χ4v) is 2.31. The van der Waals surface area contributed by atoms with Crippen LogP contribution in [0.3, 0.4) is 0 Å². The fourth-order valence-electron chi connectivity index (χ4n) is 1.26. The number of aromatic amines is 1. The molecule has 0 aliphatic heterocycles. The van der Waals surface area contributed by atoms with Crippen molar-refractivity contribution in [3.63, 3.8) is 0 Å². The molecular weight excluding hydrogens is 270 g/mol. The standard InChI is InChI=1S/C11H17N3O4S/c1-4-18-11(15)9-7-12-14-10(9)19(16,17)13-6-5-8(2)3/h5,7,13H,4,6H2,1-3H3,(H,12,14). The average Bonchev–Trinajstić information content (AvgIpc) is 2.78. The van der Waals surface area contributed by atoms with Gasteiger partial charge in [-0.15, -0.1) is 0 Å². The molecule has 106 valence electrons. The third-order valence-electron chi connectivity index (χ3n) is 2.15.